The number of halogens is 2. The molecule has 30 heavy (non-hydrogen) atoms. The number of ether oxygens (including phenoxy) is 1. The molecule has 3 aromatic carbocycles. The Morgan fingerprint density at radius 1 is 1.10 bits per heavy atom. The fourth-order valence-corrected chi connectivity index (χ4v) is 3.94. The maximum atomic E-state index is 12.8. The highest BCUT2D eigenvalue weighted by Crippen LogP contribution is 2.33. The number of amides is 1. The van der Waals surface area contributed by atoms with E-state index in [0.717, 1.165) is 27.8 Å². The van der Waals surface area contributed by atoms with Crippen molar-refractivity contribution in [2.24, 2.45) is 0 Å². The van der Waals surface area contributed by atoms with Crippen molar-refractivity contribution in [3.8, 4) is 17.2 Å². The van der Waals surface area contributed by atoms with E-state index in [2.05, 4.69) is 16.4 Å². The van der Waals surface area contributed by atoms with Crippen LogP contribution in [0.25, 0.3) is 22.6 Å². The molecule has 0 bridgehead atoms. The zero-order valence-corrected chi connectivity index (χ0v) is 18.1. The summed E-state index contributed by atoms with van der Waals surface area (Å²) in [6.07, 6.45) is 0. The van der Waals surface area contributed by atoms with Crippen molar-refractivity contribution in [2.45, 2.75) is 13.8 Å². The molecule has 1 N–H and O–H groups in total. The predicted molar refractivity (Wildman–Crippen MR) is 120 cm³/mol. The summed E-state index contributed by atoms with van der Waals surface area (Å²) in [5.41, 5.74) is 5.27. The van der Waals surface area contributed by atoms with Crippen molar-refractivity contribution in [2.75, 3.05) is 12.4 Å². The third-order valence-electron chi connectivity index (χ3n) is 4.64. The average Bonchev–Trinajstić information content (AvgIpc) is 3.12. The number of anilines is 1. The highest BCUT2D eigenvalue weighted by atomic mass is 35.5. The van der Waals surface area contributed by atoms with E-state index in [9.17, 15) is 4.79 Å². The molecule has 152 valence electrons. The minimum atomic E-state index is -0.391. The van der Waals surface area contributed by atoms with Gasteiger partial charge in [-0.15, -0.1) is 0 Å². The Kier molecular flexibility index (Phi) is 5.41. The van der Waals surface area contributed by atoms with Gasteiger partial charge in [0, 0.05) is 16.3 Å². The van der Waals surface area contributed by atoms with Crippen LogP contribution in [0.5, 0.6) is 5.75 Å². The molecule has 1 heterocycles. The summed E-state index contributed by atoms with van der Waals surface area (Å²) in [4.78, 5) is 17.4. The molecule has 4 rings (SSSR count). The third-order valence-corrected chi connectivity index (χ3v) is 5.14. The summed E-state index contributed by atoms with van der Waals surface area (Å²) in [6.45, 7) is 4.01. The lowest BCUT2D eigenvalue weighted by Gasteiger charge is -2.12. The van der Waals surface area contributed by atoms with Crippen molar-refractivity contribution in [3.63, 3.8) is 0 Å². The van der Waals surface area contributed by atoms with Crippen LogP contribution in [-0.4, -0.2) is 18.0 Å². The quantitative estimate of drug-likeness (QED) is 0.384. The fourth-order valence-electron chi connectivity index (χ4n) is 3.37. The molecule has 0 atom stereocenters. The molecule has 1 amide bonds. The van der Waals surface area contributed by atoms with Gasteiger partial charge < -0.3 is 14.5 Å². The van der Waals surface area contributed by atoms with E-state index in [1.165, 1.54) is 19.2 Å². The van der Waals surface area contributed by atoms with E-state index in [4.69, 9.17) is 32.4 Å². The lowest BCUT2D eigenvalue weighted by Crippen LogP contribution is -2.13. The Morgan fingerprint density at radius 2 is 1.90 bits per heavy atom. The van der Waals surface area contributed by atoms with Crippen LogP contribution in [0.15, 0.2) is 52.9 Å². The second-order valence-electron chi connectivity index (χ2n) is 6.95. The first kappa shape index (κ1) is 20.3. The van der Waals surface area contributed by atoms with Crippen molar-refractivity contribution >= 4 is 45.9 Å². The molecule has 1 aromatic heterocycles. The summed E-state index contributed by atoms with van der Waals surface area (Å²) in [5, 5.41) is 3.46. The van der Waals surface area contributed by atoms with Crippen LogP contribution in [0.3, 0.4) is 0 Å². The van der Waals surface area contributed by atoms with Crippen molar-refractivity contribution in [1.82, 2.24) is 4.98 Å². The summed E-state index contributed by atoms with van der Waals surface area (Å²) in [5.74, 6) is 0.357. The van der Waals surface area contributed by atoms with Gasteiger partial charge in [0.1, 0.15) is 11.3 Å². The first-order chi connectivity index (χ1) is 14.4. The van der Waals surface area contributed by atoms with Gasteiger partial charge in [0.2, 0.25) is 5.89 Å². The minimum Gasteiger partial charge on any atom is -0.494 e. The lowest BCUT2D eigenvalue weighted by molar-refractivity contribution is 0.102. The molecule has 7 heteroatoms. The number of oxazole rings is 1. The number of fused-ring (bicyclic) bond motifs is 1. The maximum Gasteiger partial charge on any atom is 0.259 e. The third kappa shape index (κ3) is 3.86. The zero-order valence-electron chi connectivity index (χ0n) is 16.5. The number of carbonyl (C=O) groups excluding carboxylic acids is 1. The smallest absolute Gasteiger partial charge is 0.259 e. The number of hydrogen-bond acceptors (Lipinski definition) is 4. The molecule has 0 aliphatic heterocycles. The van der Waals surface area contributed by atoms with E-state index >= 15 is 0 Å². The molecule has 0 aliphatic rings. The second kappa shape index (κ2) is 8.01. The van der Waals surface area contributed by atoms with E-state index in [-0.39, 0.29) is 16.3 Å². The number of aromatic nitrogens is 1. The molecule has 0 unspecified atom stereocenters. The number of aryl methyl sites for hydroxylation is 2. The molecule has 0 radical (unpaired) electrons. The van der Waals surface area contributed by atoms with E-state index < -0.39 is 5.91 Å². The first-order valence-electron chi connectivity index (χ1n) is 9.18. The molecule has 0 fully saturated rings. The number of benzene rings is 3. The average molecular weight is 441 g/mol. The number of hydrogen-bond donors (Lipinski definition) is 1. The van der Waals surface area contributed by atoms with Crippen LogP contribution in [0.2, 0.25) is 10.0 Å². The summed E-state index contributed by atoms with van der Waals surface area (Å²) in [6, 6.07) is 14.3. The normalized spacial score (nSPS) is 11.0. The predicted octanol–water partition coefficient (Wildman–Crippen LogP) is 6.68. The van der Waals surface area contributed by atoms with E-state index in [1.807, 2.05) is 32.0 Å². The van der Waals surface area contributed by atoms with Gasteiger partial charge in [-0.1, -0.05) is 35.3 Å². The van der Waals surface area contributed by atoms with Gasteiger partial charge >= 0.3 is 0 Å². The largest absolute Gasteiger partial charge is 0.494 e. The minimum absolute atomic E-state index is 0.244. The summed E-state index contributed by atoms with van der Waals surface area (Å²) >= 11 is 12.2. The highest BCUT2D eigenvalue weighted by Gasteiger charge is 2.18. The topological polar surface area (TPSA) is 64.4 Å². The Labute approximate surface area is 183 Å². The Morgan fingerprint density at radius 3 is 2.67 bits per heavy atom. The van der Waals surface area contributed by atoms with Crippen molar-refractivity contribution in [1.29, 1.82) is 0 Å². The summed E-state index contributed by atoms with van der Waals surface area (Å²) in [7, 11) is 1.45. The lowest BCUT2D eigenvalue weighted by atomic mass is 10.1. The van der Waals surface area contributed by atoms with Gasteiger partial charge in [-0.25, -0.2) is 4.98 Å². The molecule has 0 saturated heterocycles. The van der Waals surface area contributed by atoms with Gasteiger partial charge in [-0.05, 0) is 61.4 Å². The molecular weight excluding hydrogens is 423 g/mol. The molecular formula is C23H18Cl2N2O3. The van der Waals surface area contributed by atoms with Gasteiger partial charge in [-0.3, -0.25) is 4.79 Å². The van der Waals surface area contributed by atoms with Crippen LogP contribution in [0.1, 0.15) is 21.5 Å². The van der Waals surface area contributed by atoms with Gasteiger partial charge in [0.05, 0.1) is 17.7 Å². The van der Waals surface area contributed by atoms with Gasteiger partial charge in [-0.2, -0.15) is 0 Å². The number of nitrogens with zero attached hydrogens (tertiary/aromatic N) is 1. The van der Waals surface area contributed by atoms with Gasteiger partial charge in [0.15, 0.2) is 5.58 Å². The Bertz CT molecular complexity index is 1280. The van der Waals surface area contributed by atoms with E-state index in [0.29, 0.717) is 16.6 Å². The second-order valence-corrected chi connectivity index (χ2v) is 7.80. The Balaban J connectivity index is 1.67. The van der Waals surface area contributed by atoms with Crippen LogP contribution >= 0.6 is 23.2 Å². The van der Waals surface area contributed by atoms with Crippen LogP contribution in [-0.2, 0) is 0 Å². The molecule has 0 saturated carbocycles. The highest BCUT2D eigenvalue weighted by molar-refractivity contribution is 6.36. The van der Waals surface area contributed by atoms with Crippen LogP contribution in [0, 0.1) is 13.8 Å². The van der Waals surface area contributed by atoms with Crippen molar-refractivity contribution in [3.05, 3.63) is 75.3 Å². The number of nitrogens with one attached hydrogen (secondary N) is 1. The van der Waals surface area contributed by atoms with Crippen molar-refractivity contribution < 1.29 is 13.9 Å². The van der Waals surface area contributed by atoms with Gasteiger partial charge in [0.25, 0.3) is 5.91 Å². The standard InChI is InChI=1S/C23H18Cl2N2O3/c1-12-7-13(2)20-19(8-12)27-23(30-20)14-5-4-6-16(9-14)26-22(28)17-10-15(24)11-18(25)21(17)29-3/h4-11H,1-3H3,(H,26,28). The summed E-state index contributed by atoms with van der Waals surface area (Å²) < 4.78 is 11.2. The first-order valence-corrected chi connectivity index (χ1v) is 9.94. The van der Waals surface area contributed by atoms with E-state index in [1.54, 1.807) is 12.1 Å². The Hall–Kier alpha value is -3.02. The van der Waals surface area contributed by atoms with Crippen LogP contribution in [0.4, 0.5) is 5.69 Å². The fraction of sp³-hybridized carbons (Fsp3) is 0.130. The molecule has 0 aliphatic carbocycles. The monoisotopic (exact) mass is 440 g/mol. The molecule has 5 nitrogen and oxygen atoms in total. The number of carbonyl (C=O) groups is 1. The number of methoxy groups -OCH3 is 1. The number of rotatable bonds is 4. The molecule has 4 aromatic rings. The van der Waals surface area contributed by atoms with Crippen LogP contribution < -0.4 is 10.1 Å². The maximum absolute atomic E-state index is 12.8. The molecule has 0 spiro atoms. The SMILES string of the molecule is COc1c(Cl)cc(Cl)cc1C(=O)Nc1cccc(-c2nc3cc(C)cc(C)c3o2)c1. The zero-order chi connectivity index (χ0) is 21.4.